The van der Waals surface area contributed by atoms with Gasteiger partial charge in [-0.3, -0.25) is 0 Å². The Kier molecular flexibility index (Phi) is 2.39. The van der Waals surface area contributed by atoms with Crippen molar-refractivity contribution in [1.29, 1.82) is 0 Å². The second-order valence-electron chi connectivity index (χ2n) is 4.61. The Balaban J connectivity index is 1.84. The van der Waals surface area contributed by atoms with Gasteiger partial charge in [0.05, 0.1) is 11.9 Å². The van der Waals surface area contributed by atoms with Crippen LogP contribution in [0.5, 0.6) is 0 Å². The molecule has 96 valence electrons. The predicted octanol–water partition coefficient (Wildman–Crippen LogP) is 3.42. The first-order valence-corrected chi connectivity index (χ1v) is 6.44. The maximum absolute atomic E-state index is 4.47. The van der Waals surface area contributed by atoms with E-state index in [1.807, 2.05) is 53.6 Å². The third-order valence-corrected chi connectivity index (χ3v) is 3.37. The van der Waals surface area contributed by atoms with Crippen molar-refractivity contribution < 1.29 is 0 Å². The number of hydrogen-bond donors (Lipinski definition) is 1. The highest BCUT2D eigenvalue weighted by Crippen LogP contribution is 2.23. The Morgan fingerprint density at radius 2 is 1.85 bits per heavy atom. The summed E-state index contributed by atoms with van der Waals surface area (Å²) < 4.78 is 1.89. The average molecular weight is 260 g/mol. The summed E-state index contributed by atoms with van der Waals surface area (Å²) in [5, 5.41) is 5.53. The summed E-state index contributed by atoms with van der Waals surface area (Å²) in [6, 6.07) is 14.2. The number of pyridine rings is 1. The fourth-order valence-corrected chi connectivity index (χ4v) is 2.38. The highest BCUT2D eigenvalue weighted by Gasteiger charge is 2.07. The Hall–Kier alpha value is -2.88. The van der Waals surface area contributed by atoms with Crippen LogP contribution in [0.3, 0.4) is 0 Å². The van der Waals surface area contributed by atoms with Crippen LogP contribution in [0.15, 0.2) is 67.3 Å². The minimum atomic E-state index is 0.874. The first-order chi connectivity index (χ1) is 9.92. The highest BCUT2D eigenvalue weighted by molar-refractivity contribution is 5.84. The zero-order chi connectivity index (χ0) is 13.4. The summed E-state index contributed by atoms with van der Waals surface area (Å²) in [6.45, 7) is 0. The molecule has 3 heterocycles. The van der Waals surface area contributed by atoms with Gasteiger partial charge in [0.25, 0.3) is 0 Å². The van der Waals surface area contributed by atoms with E-state index in [2.05, 4.69) is 27.2 Å². The normalized spacial score (nSPS) is 11.0. The third-order valence-electron chi connectivity index (χ3n) is 3.37. The van der Waals surface area contributed by atoms with Crippen molar-refractivity contribution >= 4 is 11.0 Å². The van der Waals surface area contributed by atoms with Crippen LogP contribution in [0.4, 0.5) is 0 Å². The van der Waals surface area contributed by atoms with Crippen LogP contribution in [0.25, 0.3) is 27.8 Å². The van der Waals surface area contributed by atoms with E-state index in [4.69, 9.17) is 0 Å². The van der Waals surface area contributed by atoms with Gasteiger partial charge in [0.15, 0.2) is 0 Å². The summed E-state index contributed by atoms with van der Waals surface area (Å²) >= 11 is 0. The Bertz CT molecular complexity index is 858. The molecule has 4 heteroatoms. The highest BCUT2D eigenvalue weighted by atomic mass is 15.3. The Morgan fingerprint density at radius 3 is 2.75 bits per heavy atom. The van der Waals surface area contributed by atoms with Gasteiger partial charge in [-0.15, -0.1) is 0 Å². The van der Waals surface area contributed by atoms with E-state index in [-0.39, 0.29) is 0 Å². The van der Waals surface area contributed by atoms with Crippen molar-refractivity contribution in [2.45, 2.75) is 0 Å². The number of H-pyrrole nitrogens is 1. The van der Waals surface area contributed by atoms with Gasteiger partial charge in [-0.2, -0.15) is 5.10 Å². The zero-order valence-corrected chi connectivity index (χ0v) is 10.7. The van der Waals surface area contributed by atoms with Crippen LogP contribution in [-0.4, -0.2) is 19.7 Å². The van der Waals surface area contributed by atoms with Crippen molar-refractivity contribution in [3.63, 3.8) is 0 Å². The molecule has 20 heavy (non-hydrogen) atoms. The first kappa shape index (κ1) is 11.0. The van der Waals surface area contributed by atoms with Crippen molar-refractivity contribution in [3.05, 3.63) is 67.3 Å². The van der Waals surface area contributed by atoms with E-state index in [0.29, 0.717) is 0 Å². The van der Waals surface area contributed by atoms with Crippen LogP contribution < -0.4 is 0 Å². The van der Waals surface area contributed by atoms with Gasteiger partial charge in [-0.05, 0) is 17.7 Å². The molecular formula is C16H12N4. The lowest BCUT2D eigenvalue weighted by Crippen LogP contribution is -1.95. The van der Waals surface area contributed by atoms with Crippen molar-refractivity contribution in [2.75, 3.05) is 0 Å². The second kappa shape index (κ2) is 4.35. The van der Waals surface area contributed by atoms with E-state index in [1.54, 1.807) is 6.20 Å². The van der Waals surface area contributed by atoms with Crippen molar-refractivity contribution in [1.82, 2.24) is 19.7 Å². The topological polar surface area (TPSA) is 46.5 Å². The lowest BCUT2D eigenvalue weighted by atomic mass is 10.1. The molecule has 4 rings (SSSR count). The fourth-order valence-electron chi connectivity index (χ4n) is 2.38. The molecule has 0 unspecified atom stereocenters. The van der Waals surface area contributed by atoms with E-state index in [0.717, 1.165) is 27.8 Å². The predicted molar refractivity (Wildman–Crippen MR) is 78.7 cm³/mol. The molecule has 0 spiro atoms. The molecule has 4 nitrogen and oxygen atoms in total. The number of nitrogens with zero attached hydrogens (tertiary/aromatic N) is 3. The summed E-state index contributed by atoms with van der Waals surface area (Å²) in [6.07, 6.45) is 7.60. The van der Waals surface area contributed by atoms with Crippen molar-refractivity contribution in [2.24, 2.45) is 0 Å². The monoisotopic (exact) mass is 260 g/mol. The molecule has 0 aliphatic heterocycles. The minimum absolute atomic E-state index is 0.874. The Labute approximate surface area is 115 Å². The summed E-state index contributed by atoms with van der Waals surface area (Å²) in [4.78, 5) is 7.41. The van der Waals surface area contributed by atoms with Crippen LogP contribution in [0.2, 0.25) is 0 Å². The van der Waals surface area contributed by atoms with E-state index >= 15 is 0 Å². The lowest BCUT2D eigenvalue weighted by Gasteiger charge is -2.02. The number of aromatic amines is 1. The van der Waals surface area contributed by atoms with Crippen LogP contribution >= 0.6 is 0 Å². The maximum atomic E-state index is 4.47. The molecule has 1 aromatic carbocycles. The van der Waals surface area contributed by atoms with Gasteiger partial charge in [0, 0.05) is 29.5 Å². The number of fused-ring (bicyclic) bond motifs is 1. The largest absolute Gasteiger partial charge is 0.346 e. The molecule has 0 amide bonds. The van der Waals surface area contributed by atoms with Crippen LogP contribution in [0.1, 0.15) is 0 Å². The number of hydrogen-bond acceptors (Lipinski definition) is 2. The van der Waals surface area contributed by atoms with Crippen molar-refractivity contribution in [3.8, 4) is 16.8 Å². The standard InChI is InChI=1S/C16H12N4/c1-2-4-12(5-3-1)13-10-19-20(11-13)15-7-9-18-16-14(15)6-8-17-16/h1-11H,(H,17,18). The second-order valence-corrected chi connectivity index (χ2v) is 4.61. The third kappa shape index (κ3) is 1.70. The summed E-state index contributed by atoms with van der Waals surface area (Å²) in [5.74, 6) is 0. The molecule has 0 bridgehead atoms. The molecule has 0 aliphatic carbocycles. The molecule has 0 saturated heterocycles. The lowest BCUT2D eigenvalue weighted by molar-refractivity contribution is 0.886. The Morgan fingerprint density at radius 1 is 0.950 bits per heavy atom. The average Bonchev–Trinajstić information content (AvgIpc) is 3.17. The van der Waals surface area contributed by atoms with E-state index in [1.165, 1.54) is 0 Å². The number of benzene rings is 1. The van der Waals surface area contributed by atoms with Gasteiger partial charge < -0.3 is 4.98 Å². The van der Waals surface area contributed by atoms with Crippen LogP contribution in [0, 0.1) is 0 Å². The maximum Gasteiger partial charge on any atom is 0.139 e. The summed E-state index contributed by atoms with van der Waals surface area (Å²) in [5.41, 5.74) is 4.17. The van der Waals surface area contributed by atoms with E-state index in [9.17, 15) is 0 Å². The fraction of sp³-hybridized carbons (Fsp3) is 0. The molecule has 0 fully saturated rings. The molecule has 3 aromatic heterocycles. The number of aromatic nitrogens is 4. The molecular weight excluding hydrogens is 248 g/mol. The van der Waals surface area contributed by atoms with E-state index < -0.39 is 0 Å². The first-order valence-electron chi connectivity index (χ1n) is 6.44. The molecule has 0 saturated carbocycles. The molecule has 0 radical (unpaired) electrons. The van der Waals surface area contributed by atoms with Crippen LogP contribution in [-0.2, 0) is 0 Å². The molecule has 1 N–H and O–H groups in total. The zero-order valence-electron chi connectivity index (χ0n) is 10.7. The molecule has 0 atom stereocenters. The quantitative estimate of drug-likeness (QED) is 0.600. The van der Waals surface area contributed by atoms with Gasteiger partial charge >= 0.3 is 0 Å². The smallest absolute Gasteiger partial charge is 0.139 e. The molecule has 0 aliphatic rings. The van der Waals surface area contributed by atoms with Gasteiger partial charge in [-0.1, -0.05) is 30.3 Å². The molecule has 4 aromatic rings. The summed E-state index contributed by atoms with van der Waals surface area (Å²) in [7, 11) is 0. The minimum Gasteiger partial charge on any atom is -0.346 e. The van der Waals surface area contributed by atoms with Gasteiger partial charge in [-0.25, -0.2) is 9.67 Å². The number of rotatable bonds is 2. The van der Waals surface area contributed by atoms with Gasteiger partial charge in [0.1, 0.15) is 5.65 Å². The SMILES string of the molecule is c1ccc(-c2cnn(-c3ccnc4[nH]ccc34)c2)cc1. The van der Waals surface area contributed by atoms with Gasteiger partial charge in [0.2, 0.25) is 0 Å². The number of nitrogens with one attached hydrogen (secondary N) is 1.